The highest BCUT2D eigenvalue weighted by atomic mass is 79.9. The molecule has 3 rings (SSSR count). The summed E-state index contributed by atoms with van der Waals surface area (Å²) in [5.41, 5.74) is 1.28. The number of amides is 3. The Morgan fingerprint density at radius 1 is 1.19 bits per heavy atom. The number of nitrogens with one attached hydrogen (secondary N) is 1. The molecule has 1 aliphatic heterocycles. The number of imide groups is 1. The van der Waals surface area contributed by atoms with E-state index in [1.54, 1.807) is 49.6 Å². The molecular weight excluding hydrogens is 484 g/mol. The van der Waals surface area contributed by atoms with E-state index in [-0.39, 0.29) is 11.4 Å². The molecule has 1 N–H and O–H groups in total. The third kappa shape index (κ3) is 5.89. The fourth-order valence-electron chi connectivity index (χ4n) is 2.74. The highest BCUT2D eigenvalue weighted by Gasteiger charge is 2.36. The number of hydrogen-bond acceptors (Lipinski definition) is 6. The van der Waals surface area contributed by atoms with Gasteiger partial charge < -0.3 is 14.8 Å². The molecule has 0 atom stereocenters. The van der Waals surface area contributed by atoms with E-state index in [9.17, 15) is 14.4 Å². The molecule has 1 fully saturated rings. The average Bonchev–Trinajstić information content (AvgIpc) is 3.01. The van der Waals surface area contributed by atoms with Crippen molar-refractivity contribution in [3.63, 3.8) is 0 Å². The van der Waals surface area contributed by atoms with Gasteiger partial charge in [-0.3, -0.25) is 19.3 Å². The highest BCUT2D eigenvalue weighted by Crippen LogP contribution is 2.34. The largest absolute Gasteiger partial charge is 0.497 e. The van der Waals surface area contributed by atoms with Crippen LogP contribution in [0.15, 0.2) is 51.8 Å². The number of methoxy groups -OCH3 is 1. The second-order valence-corrected chi connectivity index (χ2v) is 8.43. The van der Waals surface area contributed by atoms with E-state index < -0.39 is 17.1 Å². The number of carbonyl (C=O) groups excluding carboxylic acids is 3. The fraction of sp³-hybridized carbons (Fsp3) is 0.227. The summed E-state index contributed by atoms with van der Waals surface area (Å²) >= 11 is 4.26. The SMILES string of the molecule is CCCOc1ccc(/C=C2\SC(=O)N(CC(=O)Nc3ccc(OC)cc3)C2=O)cc1Br. The maximum atomic E-state index is 12.7. The van der Waals surface area contributed by atoms with Crippen molar-refractivity contribution in [3.8, 4) is 11.5 Å². The zero-order valence-electron chi connectivity index (χ0n) is 17.0. The minimum Gasteiger partial charge on any atom is -0.497 e. The zero-order valence-corrected chi connectivity index (χ0v) is 19.4. The first-order valence-electron chi connectivity index (χ1n) is 9.53. The summed E-state index contributed by atoms with van der Waals surface area (Å²) in [7, 11) is 1.55. The maximum Gasteiger partial charge on any atom is 0.294 e. The summed E-state index contributed by atoms with van der Waals surface area (Å²) in [5, 5.41) is 2.18. The van der Waals surface area contributed by atoms with E-state index in [0.717, 1.165) is 33.1 Å². The van der Waals surface area contributed by atoms with E-state index in [2.05, 4.69) is 21.2 Å². The number of benzene rings is 2. The van der Waals surface area contributed by atoms with Gasteiger partial charge in [-0.25, -0.2) is 0 Å². The van der Waals surface area contributed by atoms with Crippen molar-refractivity contribution in [2.75, 3.05) is 25.6 Å². The topological polar surface area (TPSA) is 84.9 Å². The van der Waals surface area contributed by atoms with Gasteiger partial charge in [-0.1, -0.05) is 13.0 Å². The van der Waals surface area contributed by atoms with Gasteiger partial charge in [0.15, 0.2) is 0 Å². The summed E-state index contributed by atoms with van der Waals surface area (Å²) in [5.74, 6) is 0.407. The second-order valence-electron chi connectivity index (χ2n) is 6.58. The van der Waals surface area contributed by atoms with Crippen LogP contribution in [0.25, 0.3) is 6.08 Å². The third-order valence-corrected chi connectivity index (χ3v) is 5.79. The van der Waals surface area contributed by atoms with Gasteiger partial charge in [0, 0.05) is 5.69 Å². The number of ether oxygens (including phenoxy) is 2. The molecule has 7 nitrogen and oxygen atoms in total. The number of thioether (sulfide) groups is 1. The third-order valence-electron chi connectivity index (χ3n) is 4.26. The molecule has 162 valence electrons. The Hall–Kier alpha value is -2.78. The van der Waals surface area contributed by atoms with Crippen LogP contribution in [0.5, 0.6) is 11.5 Å². The fourth-order valence-corrected chi connectivity index (χ4v) is 4.09. The monoisotopic (exact) mass is 504 g/mol. The first-order chi connectivity index (χ1) is 14.9. The molecule has 9 heteroatoms. The second kappa shape index (κ2) is 10.5. The van der Waals surface area contributed by atoms with Gasteiger partial charge in [-0.15, -0.1) is 0 Å². The molecule has 0 saturated carbocycles. The summed E-state index contributed by atoms with van der Waals surface area (Å²) in [6.07, 6.45) is 2.52. The van der Waals surface area contributed by atoms with Crippen LogP contribution in [0.1, 0.15) is 18.9 Å². The minimum absolute atomic E-state index is 0.261. The Balaban J connectivity index is 1.65. The van der Waals surface area contributed by atoms with Gasteiger partial charge in [-0.2, -0.15) is 0 Å². The molecule has 2 aromatic carbocycles. The molecule has 0 unspecified atom stereocenters. The first kappa shape index (κ1) is 22.9. The lowest BCUT2D eigenvalue weighted by Gasteiger charge is -2.12. The Labute approximate surface area is 192 Å². The van der Waals surface area contributed by atoms with Crippen LogP contribution >= 0.6 is 27.7 Å². The first-order valence-corrected chi connectivity index (χ1v) is 11.1. The van der Waals surface area contributed by atoms with Crippen LogP contribution in [0.4, 0.5) is 10.5 Å². The summed E-state index contributed by atoms with van der Waals surface area (Å²) in [6.45, 7) is 2.27. The maximum absolute atomic E-state index is 12.7. The number of nitrogens with zero attached hydrogens (tertiary/aromatic N) is 1. The molecule has 0 aromatic heterocycles. The van der Waals surface area contributed by atoms with Crippen LogP contribution in [0.3, 0.4) is 0 Å². The highest BCUT2D eigenvalue weighted by molar-refractivity contribution is 9.10. The minimum atomic E-state index is -0.498. The van der Waals surface area contributed by atoms with Gasteiger partial charge in [0.25, 0.3) is 11.1 Å². The van der Waals surface area contributed by atoms with Gasteiger partial charge >= 0.3 is 0 Å². The smallest absolute Gasteiger partial charge is 0.294 e. The summed E-state index contributed by atoms with van der Waals surface area (Å²) in [6, 6.07) is 12.2. The lowest BCUT2D eigenvalue weighted by Crippen LogP contribution is -2.36. The predicted octanol–water partition coefficient (Wildman–Crippen LogP) is 4.92. The molecule has 2 aromatic rings. The molecule has 3 amide bonds. The molecular formula is C22H21BrN2O5S. The molecule has 31 heavy (non-hydrogen) atoms. The molecule has 0 radical (unpaired) electrons. The van der Waals surface area contributed by atoms with Crippen LogP contribution in [-0.4, -0.2) is 42.2 Å². The van der Waals surface area contributed by atoms with Crippen molar-refractivity contribution in [1.82, 2.24) is 4.90 Å². The van der Waals surface area contributed by atoms with E-state index in [1.807, 2.05) is 13.0 Å². The van der Waals surface area contributed by atoms with E-state index in [0.29, 0.717) is 23.8 Å². The lowest BCUT2D eigenvalue weighted by atomic mass is 10.2. The van der Waals surface area contributed by atoms with Crippen LogP contribution in [-0.2, 0) is 9.59 Å². The molecule has 1 heterocycles. The Kier molecular flexibility index (Phi) is 7.75. The summed E-state index contributed by atoms with van der Waals surface area (Å²) < 4.78 is 11.4. The normalized spacial score (nSPS) is 14.8. The lowest BCUT2D eigenvalue weighted by molar-refractivity contribution is -0.127. The molecule has 1 aliphatic rings. The van der Waals surface area contributed by atoms with Crippen molar-refractivity contribution in [1.29, 1.82) is 0 Å². The van der Waals surface area contributed by atoms with Crippen molar-refractivity contribution in [2.24, 2.45) is 0 Å². The Morgan fingerprint density at radius 3 is 2.58 bits per heavy atom. The van der Waals surface area contributed by atoms with Crippen molar-refractivity contribution < 1.29 is 23.9 Å². The number of hydrogen-bond donors (Lipinski definition) is 1. The van der Waals surface area contributed by atoms with E-state index in [4.69, 9.17) is 9.47 Å². The molecule has 1 saturated heterocycles. The van der Waals surface area contributed by atoms with Crippen molar-refractivity contribution in [2.45, 2.75) is 13.3 Å². The number of rotatable bonds is 8. The van der Waals surface area contributed by atoms with Crippen LogP contribution < -0.4 is 14.8 Å². The van der Waals surface area contributed by atoms with Crippen LogP contribution in [0, 0.1) is 0 Å². The van der Waals surface area contributed by atoms with Gasteiger partial charge in [0.05, 0.1) is 23.1 Å². The van der Waals surface area contributed by atoms with Gasteiger partial charge in [-0.05, 0) is 82.2 Å². The standard InChI is InChI=1S/C22H21BrN2O5S/c1-3-10-30-18-9-4-14(11-17(18)23)12-19-21(27)25(22(28)31-19)13-20(26)24-15-5-7-16(29-2)8-6-15/h4-9,11-12H,3,10,13H2,1-2H3,(H,24,26)/b19-12-. The molecule has 0 aliphatic carbocycles. The predicted molar refractivity (Wildman–Crippen MR) is 124 cm³/mol. The average molecular weight is 505 g/mol. The molecule has 0 bridgehead atoms. The summed E-state index contributed by atoms with van der Waals surface area (Å²) in [4.78, 5) is 38.5. The molecule has 0 spiro atoms. The zero-order chi connectivity index (χ0) is 22.4. The Morgan fingerprint density at radius 2 is 1.94 bits per heavy atom. The van der Waals surface area contributed by atoms with Crippen molar-refractivity contribution in [3.05, 3.63) is 57.4 Å². The van der Waals surface area contributed by atoms with Crippen LogP contribution in [0.2, 0.25) is 0 Å². The quantitative estimate of drug-likeness (QED) is 0.513. The van der Waals surface area contributed by atoms with Gasteiger partial charge in [0.1, 0.15) is 18.0 Å². The van der Waals surface area contributed by atoms with Crippen molar-refractivity contribution >= 4 is 56.5 Å². The van der Waals surface area contributed by atoms with Gasteiger partial charge in [0.2, 0.25) is 5.91 Å². The Bertz CT molecular complexity index is 1020. The number of carbonyl (C=O) groups is 3. The van der Waals surface area contributed by atoms with E-state index >= 15 is 0 Å². The van der Waals surface area contributed by atoms with E-state index in [1.165, 1.54) is 0 Å². The number of halogens is 1. The number of anilines is 1.